The zero-order chi connectivity index (χ0) is 36.7. The molecule has 0 unspecified atom stereocenters. The molecule has 3 heterocycles. The fourth-order valence-corrected chi connectivity index (χ4v) is 6.66. The molecule has 5 rings (SSSR count). The van der Waals surface area contributed by atoms with E-state index in [1.54, 1.807) is 10.8 Å². The van der Waals surface area contributed by atoms with E-state index in [1.165, 1.54) is 16.8 Å². The number of ether oxygens (including phenoxy) is 1. The number of carbonyl (C=O) groups excluding carboxylic acids is 6. The molecule has 3 aromatic rings. The maximum absolute atomic E-state index is 14.0. The van der Waals surface area contributed by atoms with E-state index in [0.29, 0.717) is 24.8 Å². The Hall–Kier alpha value is -5.04. The molecular formula is C38H48N6O7. The summed E-state index contributed by atoms with van der Waals surface area (Å²) >= 11 is 0. The van der Waals surface area contributed by atoms with Gasteiger partial charge in [-0.15, -0.1) is 0 Å². The Morgan fingerprint density at radius 2 is 1.65 bits per heavy atom. The van der Waals surface area contributed by atoms with Gasteiger partial charge in [0.1, 0.15) is 18.6 Å². The lowest BCUT2D eigenvalue weighted by Crippen LogP contribution is -2.60. The summed E-state index contributed by atoms with van der Waals surface area (Å²) in [6.07, 6.45) is 1.40. The average Bonchev–Trinajstić information content (AvgIpc) is 3.47. The van der Waals surface area contributed by atoms with Crippen molar-refractivity contribution in [1.29, 1.82) is 0 Å². The van der Waals surface area contributed by atoms with Crippen LogP contribution >= 0.6 is 0 Å². The summed E-state index contributed by atoms with van der Waals surface area (Å²) in [6.45, 7) is 5.38. The van der Waals surface area contributed by atoms with Crippen LogP contribution in [0.15, 0.2) is 60.8 Å². The standard InChI is InChI=1S/C38H48N6O7/c1-5-11-32(45)28-20-43(31-15-10-9-14-27(28)31)23-35(47)44-19-26-18-39-36(48)29(16-24(2)3)40-34(46)22-42(4)38(50)30(17-25-12-7-6-8-13-25)41-37(49)33(21-44)51-26/h6-10,12-15,20,24,26,29-30,33H,5,11,16-19,21-23H2,1-4H3,(H,39,48)(H,40,46)(H,41,49)/t26-,29+,30-,33-/m1/s1. The van der Waals surface area contributed by atoms with Crippen LogP contribution in [0.2, 0.25) is 0 Å². The van der Waals surface area contributed by atoms with Gasteiger partial charge in [-0.25, -0.2) is 0 Å². The first-order valence-electron chi connectivity index (χ1n) is 17.6. The highest BCUT2D eigenvalue weighted by Crippen LogP contribution is 2.24. The Balaban J connectivity index is 1.44. The first-order chi connectivity index (χ1) is 24.4. The molecule has 2 aliphatic rings. The molecule has 4 atom stereocenters. The number of morpholine rings is 1. The normalized spacial score (nSPS) is 22.2. The van der Waals surface area contributed by atoms with Crippen molar-refractivity contribution in [2.75, 3.05) is 33.2 Å². The fourth-order valence-electron chi connectivity index (χ4n) is 6.66. The van der Waals surface area contributed by atoms with Gasteiger partial charge in [-0.2, -0.15) is 0 Å². The van der Waals surface area contributed by atoms with Gasteiger partial charge in [-0.3, -0.25) is 28.8 Å². The molecule has 13 nitrogen and oxygen atoms in total. The molecule has 51 heavy (non-hydrogen) atoms. The van der Waals surface area contributed by atoms with Crippen LogP contribution < -0.4 is 16.0 Å². The molecule has 2 fully saturated rings. The monoisotopic (exact) mass is 700 g/mol. The molecule has 2 aliphatic heterocycles. The van der Waals surface area contributed by atoms with Crippen molar-refractivity contribution in [1.82, 2.24) is 30.3 Å². The van der Waals surface area contributed by atoms with E-state index < -0.39 is 47.9 Å². The summed E-state index contributed by atoms with van der Waals surface area (Å²) in [6, 6.07) is 14.7. The number of carbonyl (C=O) groups is 6. The molecule has 1 aromatic heterocycles. The first kappa shape index (κ1) is 37.2. The Bertz CT molecular complexity index is 1760. The molecule has 272 valence electrons. The third kappa shape index (κ3) is 9.40. The second kappa shape index (κ2) is 16.8. The smallest absolute Gasteiger partial charge is 0.251 e. The third-order valence-electron chi connectivity index (χ3n) is 9.20. The van der Waals surface area contributed by atoms with Crippen LogP contribution in [-0.4, -0.2) is 107 Å². The summed E-state index contributed by atoms with van der Waals surface area (Å²) in [4.78, 5) is 83.8. The lowest BCUT2D eigenvalue weighted by Gasteiger charge is -2.38. The topological polar surface area (TPSA) is 159 Å². The van der Waals surface area contributed by atoms with Crippen LogP contribution in [0.3, 0.4) is 0 Å². The van der Waals surface area contributed by atoms with E-state index in [2.05, 4.69) is 16.0 Å². The van der Waals surface area contributed by atoms with E-state index in [9.17, 15) is 28.8 Å². The minimum atomic E-state index is -1.15. The van der Waals surface area contributed by atoms with Crippen molar-refractivity contribution >= 4 is 46.2 Å². The molecule has 3 N–H and O–H groups in total. The van der Waals surface area contributed by atoms with Gasteiger partial charge in [0, 0.05) is 55.6 Å². The SMILES string of the molecule is CCCC(=O)c1cn(CC(=O)N2C[C@H]3CNC(=O)[C@H](CC(C)C)NC(=O)CN(C)C(=O)[C@@H](Cc4ccccc4)NC(=O)[C@@H](C2)O3)c2ccccc12. The van der Waals surface area contributed by atoms with Gasteiger partial charge in [-0.1, -0.05) is 69.3 Å². The van der Waals surface area contributed by atoms with Gasteiger partial charge in [0.15, 0.2) is 11.9 Å². The van der Waals surface area contributed by atoms with Crippen molar-refractivity contribution in [3.8, 4) is 0 Å². The predicted molar refractivity (Wildman–Crippen MR) is 191 cm³/mol. The highest BCUT2D eigenvalue weighted by Gasteiger charge is 2.38. The summed E-state index contributed by atoms with van der Waals surface area (Å²) in [5.74, 6) is -2.25. The lowest BCUT2D eigenvalue weighted by atomic mass is 10.0. The number of benzene rings is 2. The van der Waals surface area contributed by atoms with Crippen molar-refractivity contribution in [2.45, 2.75) is 77.3 Å². The number of amides is 5. The number of fused-ring (bicyclic) bond motifs is 3. The van der Waals surface area contributed by atoms with Gasteiger partial charge in [0.25, 0.3) is 5.91 Å². The number of rotatable bonds is 9. The maximum Gasteiger partial charge on any atom is 0.251 e. The van der Waals surface area contributed by atoms with Gasteiger partial charge >= 0.3 is 0 Å². The van der Waals surface area contributed by atoms with E-state index in [-0.39, 0.29) is 56.8 Å². The first-order valence-corrected chi connectivity index (χ1v) is 17.6. The van der Waals surface area contributed by atoms with E-state index in [4.69, 9.17) is 4.74 Å². The maximum atomic E-state index is 14.0. The fraction of sp³-hybridized carbons (Fsp3) is 0.474. The van der Waals surface area contributed by atoms with Crippen LogP contribution in [0.5, 0.6) is 0 Å². The molecule has 0 saturated carbocycles. The van der Waals surface area contributed by atoms with Crippen molar-refractivity contribution in [3.63, 3.8) is 0 Å². The molecule has 13 heteroatoms. The highest BCUT2D eigenvalue weighted by molar-refractivity contribution is 6.08. The summed E-state index contributed by atoms with van der Waals surface area (Å²) < 4.78 is 7.95. The largest absolute Gasteiger partial charge is 0.360 e. The van der Waals surface area contributed by atoms with Crippen LogP contribution in [0.1, 0.15) is 56.0 Å². The molecule has 0 aliphatic carbocycles. The quantitative estimate of drug-likeness (QED) is 0.288. The Labute approximate surface area is 298 Å². The van der Waals surface area contributed by atoms with E-state index in [0.717, 1.165) is 16.5 Å². The highest BCUT2D eigenvalue weighted by atomic mass is 16.5. The second-order valence-corrected chi connectivity index (χ2v) is 13.8. The number of para-hydroxylation sites is 1. The molecule has 2 saturated heterocycles. The molecule has 5 amide bonds. The number of Topliss-reactive ketones (excluding diaryl/α,β-unsaturated/α-hetero) is 1. The molecule has 2 bridgehead atoms. The number of hydrogen-bond donors (Lipinski definition) is 3. The second-order valence-electron chi connectivity index (χ2n) is 13.8. The zero-order valence-corrected chi connectivity index (χ0v) is 29.7. The lowest BCUT2D eigenvalue weighted by molar-refractivity contribution is -0.157. The Morgan fingerprint density at radius 1 is 0.922 bits per heavy atom. The molecule has 0 radical (unpaired) electrons. The van der Waals surface area contributed by atoms with Crippen LogP contribution in [0, 0.1) is 5.92 Å². The van der Waals surface area contributed by atoms with Crippen LogP contribution in [0.25, 0.3) is 10.9 Å². The van der Waals surface area contributed by atoms with Crippen LogP contribution in [0.4, 0.5) is 0 Å². The third-order valence-corrected chi connectivity index (χ3v) is 9.20. The van der Waals surface area contributed by atoms with E-state index >= 15 is 0 Å². The predicted octanol–water partition coefficient (Wildman–Crippen LogP) is 2.07. The summed E-state index contributed by atoms with van der Waals surface area (Å²) in [5, 5.41) is 9.22. The number of aromatic nitrogens is 1. The van der Waals surface area contributed by atoms with Gasteiger partial charge in [0.2, 0.25) is 23.6 Å². The summed E-state index contributed by atoms with van der Waals surface area (Å²) in [5.41, 5.74) is 2.10. The number of nitrogens with one attached hydrogen (secondary N) is 3. The number of nitrogens with zero attached hydrogens (tertiary/aromatic N) is 3. The van der Waals surface area contributed by atoms with Gasteiger partial charge in [-0.05, 0) is 30.4 Å². The van der Waals surface area contributed by atoms with Crippen molar-refractivity contribution in [2.24, 2.45) is 5.92 Å². The molecule has 2 aromatic carbocycles. The average molecular weight is 701 g/mol. The van der Waals surface area contributed by atoms with E-state index in [1.807, 2.05) is 75.4 Å². The minimum Gasteiger partial charge on any atom is -0.360 e. The Kier molecular flexibility index (Phi) is 12.2. The van der Waals surface area contributed by atoms with Crippen molar-refractivity contribution < 1.29 is 33.5 Å². The number of likely N-dealkylation sites (N-methyl/N-ethyl adjacent to an activating group) is 1. The molecular weight excluding hydrogens is 652 g/mol. The van der Waals surface area contributed by atoms with Gasteiger partial charge in [0.05, 0.1) is 19.2 Å². The summed E-state index contributed by atoms with van der Waals surface area (Å²) in [7, 11) is 1.47. The number of ketones is 1. The van der Waals surface area contributed by atoms with Gasteiger partial charge < -0.3 is 35.1 Å². The minimum absolute atomic E-state index is 0.0000182. The van der Waals surface area contributed by atoms with Crippen LogP contribution in [-0.2, 0) is 41.7 Å². The molecule has 0 spiro atoms. The number of hydrogen-bond acceptors (Lipinski definition) is 7. The van der Waals surface area contributed by atoms with Crippen molar-refractivity contribution in [3.05, 3.63) is 71.9 Å². The Morgan fingerprint density at radius 3 is 2.37 bits per heavy atom. The zero-order valence-electron chi connectivity index (χ0n) is 29.7.